The van der Waals surface area contributed by atoms with Gasteiger partial charge in [0, 0.05) is 25.4 Å². The number of ketones is 1. The molecule has 0 saturated heterocycles. The van der Waals surface area contributed by atoms with Gasteiger partial charge < -0.3 is 10.6 Å². The maximum atomic E-state index is 13.3. The number of carbonyl (C=O) groups is 2. The Kier molecular flexibility index (Phi) is 4.91. The van der Waals surface area contributed by atoms with Crippen molar-refractivity contribution in [3.05, 3.63) is 11.3 Å². The van der Waals surface area contributed by atoms with Gasteiger partial charge in [-0.15, -0.1) is 0 Å². The van der Waals surface area contributed by atoms with E-state index < -0.39 is 0 Å². The Balaban J connectivity index is 1.62. The lowest BCUT2D eigenvalue weighted by molar-refractivity contribution is -0.142. The first-order valence-corrected chi connectivity index (χ1v) is 11.6. The van der Waals surface area contributed by atoms with Crippen LogP contribution in [-0.2, 0) is 9.59 Å². The molecule has 2 N–H and O–H groups in total. The van der Waals surface area contributed by atoms with Crippen LogP contribution in [0.4, 0.5) is 0 Å². The summed E-state index contributed by atoms with van der Waals surface area (Å²) in [5.41, 5.74) is 8.38. The zero-order chi connectivity index (χ0) is 20.3. The molecule has 0 aliphatic heterocycles. The van der Waals surface area contributed by atoms with Gasteiger partial charge in [-0.3, -0.25) is 9.59 Å². The van der Waals surface area contributed by atoms with E-state index in [-0.39, 0.29) is 22.5 Å². The van der Waals surface area contributed by atoms with E-state index >= 15 is 0 Å². The minimum absolute atomic E-state index is 0.100. The fourth-order valence-corrected chi connectivity index (χ4v) is 7.92. The van der Waals surface area contributed by atoms with Crippen molar-refractivity contribution >= 4 is 11.7 Å². The molecule has 0 unspecified atom stereocenters. The molecule has 0 aromatic rings. The third-order valence-electron chi connectivity index (χ3n) is 9.54. The monoisotopic (exact) mass is 386 g/mol. The summed E-state index contributed by atoms with van der Waals surface area (Å²) in [7, 11) is 0. The molecule has 0 bridgehead atoms. The Morgan fingerprint density at radius 2 is 1.75 bits per heavy atom. The minimum atomic E-state index is 0.100. The second-order valence-electron chi connectivity index (χ2n) is 10.3. The second-order valence-corrected chi connectivity index (χ2v) is 10.3. The zero-order valence-electron chi connectivity index (χ0n) is 18.2. The summed E-state index contributed by atoms with van der Waals surface area (Å²) in [6.07, 6.45) is 8.29. The predicted octanol–water partition coefficient (Wildman–Crippen LogP) is 4.29. The molecule has 0 aromatic carbocycles. The quantitative estimate of drug-likeness (QED) is 0.787. The molecule has 1 amide bonds. The molecule has 6 atom stereocenters. The topological polar surface area (TPSA) is 63.4 Å². The summed E-state index contributed by atoms with van der Waals surface area (Å²) in [6, 6.07) is 0. The number of allylic oxidation sites excluding steroid dienone is 1. The predicted molar refractivity (Wildman–Crippen MR) is 111 cm³/mol. The van der Waals surface area contributed by atoms with Gasteiger partial charge in [-0.05, 0) is 93.0 Å². The first-order chi connectivity index (χ1) is 13.3. The minimum Gasteiger partial charge on any atom is -0.396 e. The summed E-state index contributed by atoms with van der Waals surface area (Å²) in [5.74, 6) is 2.71. The summed E-state index contributed by atoms with van der Waals surface area (Å²) < 4.78 is 0. The Labute approximate surface area is 170 Å². The lowest BCUT2D eigenvalue weighted by Gasteiger charge is -2.58. The van der Waals surface area contributed by atoms with E-state index in [1.54, 1.807) is 0 Å². The highest BCUT2D eigenvalue weighted by molar-refractivity contribution is 5.96. The molecule has 0 radical (unpaired) electrons. The van der Waals surface area contributed by atoms with Gasteiger partial charge in [0.2, 0.25) is 5.91 Å². The van der Waals surface area contributed by atoms with Gasteiger partial charge >= 0.3 is 0 Å². The van der Waals surface area contributed by atoms with E-state index in [1.807, 2.05) is 4.90 Å². The number of Topliss-reactive ketones (excluding diaryl/α,β-unsaturated/α-hetero) is 1. The lowest BCUT2D eigenvalue weighted by atomic mass is 9.46. The molecule has 4 rings (SSSR count). The smallest absolute Gasteiger partial charge is 0.226 e. The van der Waals surface area contributed by atoms with E-state index in [9.17, 15) is 9.59 Å². The molecule has 0 heterocycles. The van der Waals surface area contributed by atoms with Crippen LogP contribution in [0.5, 0.6) is 0 Å². The molecular weight excluding hydrogens is 348 g/mol. The number of amides is 1. The van der Waals surface area contributed by atoms with Gasteiger partial charge in [0.25, 0.3) is 0 Å². The van der Waals surface area contributed by atoms with Crippen LogP contribution >= 0.6 is 0 Å². The van der Waals surface area contributed by atoms with Crippen LogP contribution in [0.15, 0.2) is 11.3 Å². The first-order valence-electron chi connectivity index (χ1n) is 11.6. The fourth-order valence-electron chi connectivity index (χ4n) is 7.92. The first kappa shape index (κ1) is 20.0. The summed E-state index contributed by atoms with van der Waals surface area (Å²) in [5, 5.41) is 0. The van der Waals surface area contributed by atoms with Crippen molar-refractivity contribution < 1.29 is 9.59 Å². The number of hydrogen-bond acceptors (Lipinski definition) is 3. The van der Waals surface area contributed by atoms with Crippen molar-refractivity contribution in [1.29, 1.82) is 0 Å². The molecule has 0 aromatic heterocycles. The molecule has 156 valence electrons. The molecule has 3 fully saturated rings. The van der Waals surface area contributed by atoms with Crippen molar-refractivity contribution in [2.75, 3.05) is 13.1 Å². The van der Waals surface area contributed by atoms with Gasteiger partial charge in [-0.25, -0.2) is 0 Å². The Hall–Kier alpha value is -1.32. The van der Waals surface area contributed by atoms with Crippen LogP contribution in [0.3, 0.4) is 0 Å². The standard InChI is InChI=1S/C24H38N2O2/c1-5-26(6-2)22(28)19-10-9-16-15-7-8-18-21(25)20(27)12-14-23(18,3)17(15)11-13-24(16,19)4/h15-17,19H,5-14,25H2,1-4H3/t15-,16-,17-,19+,23+,24-/m0/s1. The number of carbonyl (C=O) groups excluding carboxylic acids is 2. The van der Waals surface area contributed by atoms with Gasteiger partial charge in [0.1, 0.15) is 0 Å². The SMILES string of the molecule is CCN(CC)C(=O)[C@H]1CC[C@H]2[C@@H]3CCC4=C(N)C(=O)CC[C@]4(C)[C@H]3CC[C@]12C. The molecular formula is C24H38N2O2. The normalized spacial score (nSPS) is 42.6. The number of rotatable bonds is 3. The molecule has 0 spiro atoms. The average molecular weight is 387 g/mol. The fraction of sp³-hybridized carbons (Fsp3) is 0.833. The van der Waals surface area contributed by atoms with Crippen LogP contribution in [-0.4, -0.2) is 29.7 Å². The highest BCUT2D eigenvalue weighted by Crippen LogP contribution is 2.67. The summed E-state index contributed by atoms with van der Waals surface area (Å²) in [4.78, 5) is 27.5. The van der Waals surface area contributed by atoms with Crippen molar-refractivity contribution in [2.24, 2.45) is 40.2 Å². The van der Waals surface area contributed by atoms with Crippen LogP contribution in [0, 0.1) is 34.5 Å². The Morgan fingerprint density at radius 1 is 1.04 bits per heavy atom. The molecule has 4 aliphatic rings. The van der Waals surface area contributed by atoms with Crippen molar-refractivity contribution in [3.63, 3.8) is 0 Å². The molecule has 4 aliphatic carbocycles. The van der Waals surface area contributed by atoms with Crippen molar-refractivity contribution in [1.82, 2.24) is 4.90 Å². The van der Waals surface area contributed by atoms with Crippen LogP contribution < -0.4 is 5.73 Å². The highest BCUT2D eigenvalue weighted by Gasteiger charge is 2.60. The third-order valence-corrected chi connectivity index (χ3v) is 9.54. The molecule has 3 saturated carbocycles. The molecule has 4 heteroatoms. The Bertz CT molecular complexity index is 709. The highest BCUT2D eigenvalue weighted by atomic mass is 16.2. The molecule has 4 nitrogen and oxygen atoms in total. The van der Waals surface area contributed by atoms with E-state index in [2.05, 4.69) is 27.7 Å². The zero-order valence-corrected chi connectivity index (χ0v) is 18.2. The second kappa shape index (κ2) is 6.88. The Morgan fingerprint density at radius 3 is 2.43 bits per heavy atom. The average Bonchev–Trinajstić information content (AvgIpc) is 3.03. The maximum absolute atomic E-state index is 13.3. The van der Waals surface area contributed by atoms with Crippen molar-refractivity contribution in [3.8, 4) is 0 Å². The van der Waals surface area contributed by atoms with Crippen LogP contribution in [0.1, 0.15) is 79.1 Å². The number of nitrogens with zero attached hydrogens (tertiary/aromatic N) is 1. The summed E-state index contributed by atoms with van der Waals surface area (Å²) in [6.45, 7) is 10.6. The van der Waals surface area contributed by atoms with Gasteiger partial charge in [-0.1, -0.05) is 13.8 Å². The van der Waals surface area contributed by atoms with E-state index in [1.165, 1.54) is 18.4 Å². The van der Waals surface area contributed by atoms with E-state index in [0.717, 1.165) is 45.2 Å². The number of fused-ring (bicyclic) bond motifs is 5. The van der Waals surface area contributed by atoms with Crippen molar-refractivity contribution in [2.45, 2.75) is 79.1 Å². The number of nitrogens with two attached hydrogens (primary N) is 1. The van der Waals surface area contributed by atoms with Crippen LogP contribution in [0.2, 0.25) is 0 Å². The molecule has 28 heavy (non-hydrogen) atoms. The van der Waals surface area contributed by atoms with Gasteiger partial charge in [0.05, 0.1) is 5.70 Å². The third kappa shape index (κ3) is 2.62. The van der Waals surface area contributed by atoms with Gasteiger partial charge in [-0.2, -0.15) is 0 Å². The van der Waals surface area contributed by atoms with E-state index in [4.69, 9.17) is 5.73 Å². The maximum Gasteiger partial charge on any atom is 0.226 e. The summed E-state index contributed by atoms with van der Waals surface area (Å²) >= 11 is 0. The largest absolute Gasteiger partial charge is 0.396 e. The van der Waals surface area contributed by atoms with Gasteiger partial charge in [0.15, 0.2) is 5.78 Å². The number of hydrogen-bond donors (Lipinski definition) is 1. The van der Waals surface area contributed by atoms with E-state index in [0.29, 0.717) is 35.8 Å². The van der Waals surface area contributed by atoms with Crippen LogP contribution in [0.25, 0.3) is 0 Å². The lowest BCUT2D eigenvalue weighted by Crippen LogP contribution is -2.53.